The van der Waals surface area contributed by atoms with Gasteiger partial charge in [0.15, 0.2) is 0 Å². The van der Waals surface area contributed by atoms with Crippen molar-refractivity contribution in [2.45, 2.75) is 38.3 Å². The van der Waals surface area contributed by atoms with Gasteiger partial charge in [-0.25, -0.2) is 4.79 Å². The van der Waals surface area contributed by atoms with Crippen molar-refractivity contribution >= 4 is 34.4 Å². The number of para-hydroxylation sites is 1. The number of rotatable bonds is 4. The minimum atomic E-state index is -0.466. The summed E-state index contributed by atoms with van der Waals surface area (Å²) in [5, 5.41) is 1.76. The van der Waals surface area contributed by atoms with Crippen molar-refractivity contribution in [3.8, 4) is 0 Å². The topological polar surface area (TPSA) is 56.4 Å². The molecule has 3 heterocycles. The Bertz CT molecular complexity index is 1110. The summed E-state index contributed by atoms with van der Waals surface area (Å²) in [6.07, 6.45) is 2.29. The molecule has 2 atom stereocenters. The summed E-state index contributed by atoms with van der Waals surface area (Å²) < 4.78 is 0. The molecule has 0 bridgehead atoms. The average molecular weight is 408 g/mol. The minimum Gasteiger partial charge on any atom is -0.356 e. The van der Waals surface area contributed by atoms with Gasteiger partial charge in [0.05, 0.1) is 0 Å². The van der Waals surface area contributed by atoms with Gasteiger partial charge >= 0.3 is 6.03 Å². The van der Waals surface area contributed by atoms with Crippen LogP contribution in [0.2, 0.25) is 5.02 Å². The molecule has 5 nitrogen and oxygen atoms in total. The van der Waals surface area contributed by atoms with E-state index in [1.807, 2.05) is 42.5 Å². The lowest BCUT2D eigenvalue weighted by atomic mass is 9.89. The maximum atomic E-state index is 13.3. The lowest BCUT2D eigenvalue weighted by Gasteiger charge is -2.36. The number of fused-ring (bicyclic) bond motifs is 4. The van der Waals surface area contributed by atoms with Crippen molar-refractivity contribution in [2.24, 2.45) is 0 Å². The van der Waals surface area contributed by atoms with Crippen LogP contribution in [0.5, 0.6) is 0 Å². The fourth-order valence-electron chi connectivity index (χ4n) is 4.64. The number of benzene rings is 2. The third-order valence-corrected chi connectivity index (χ3v) is 6.31. The highest BCUT2D eigenvalue weighted by Gasteiger charge is 2.52. The quantitative estimate of drug-likeness (QED) is 0.625. The molecule has 2 aliphatic rings. The van der Waals surface area contributed by atoms with Crippen LogP contribution in [-0.2, 0) is 11.2 Å². The van der Waals surface area contributed by atoms with Gasteiger partial charge in [-0.2, -0.15) is 0 Å². The third kappa shape index (κ3) is 2.76. The molecule has 5 rings (SSSR count). The van der Waals surface area contributed by atoms with Crippen molar-refractivity contribution in [1.29, 1.82) is 0 Å². The molecule has 1 N–H and O–H groups in total. The highest BCUT2D eigenvalue weighted by molar-refractivity contribution is 6.30. The van der Waals surface area contributed by atoms with E-state index < -0.39 is 6.04 Å². The molecule has 0 saturated carbocycles. The SMILES string of the molecule is CCCCN1C(=O)C2Cc3c([nH]c4ccccc34)C(c3ccc(Cl)cc3)N2C1=O. The van der Waals surface area contributed by atoms with E-state index in [4.69, 9.17) is 11.6 Å². The molecule has 0 spiro atoms. The summed E-state index contributed by atoms with van der Waals surface area (Å²) >= 11 is 6.11. The fraction of sp³-hybridized carbons (Fsp3) is 0.304. The Morgan fingerprint density at radius 3 is 2.62 bits per heavy atom. The number of carbonyl (C=O) groups is 2. The summed E-state index contributed by atoms with van der Waals surface area (Å²) in [6, 6.07) is 14.7. The van der Waals surface area contributed by atoms with Crippen LogP contribution in [0.15, 0.2) is 48.5 Å². The normalized spacial score (nSPS) is 21.0. The molecule has 1 fully saturated rings. The van der Waals surface area contributed by atoms with E-state index in [0.717, 1.165) is 40.6 Å². The van der Waals surface area contributed by atoms with Gasteiger partial charge in [0.2, 0.25) is 0 Å². The minimum absolute atomic E-state index is 0.0849. The first-order valence-corrected chi connectivity index (χ1v) is 10.5. The molecule has 2 unspecified atom stereocenters. The number of carbonyl (C=O) groups excluding carboxylic acids is 2. The molecular weight excluding hydrogens is 386 g/mol. The highest BCUT2D eigenvalue weighted by atomic mass is 35.5. The van der Waals surface area contributed by atoms with Gasteiger partial charge in [0.1, 0.15) is 12.1 Å². The van der Waals surface area contributed by atoms with Crippen molar-refractivity contribution in [3.05, 3.63) is 70.4 Å². The Balaban J connectivity index is 1.68. The smallest absolute Gasteiger partial charge is 0.328 e. The van der Waals surface area contributed by atoms with E-state index in [0.29, 0.717) is 18.0 Å². The van der Waals surface area contributed by atoms with Gasteiger partial charge in [-0.15, -0.1) is 0 Å². The van der Waals surface area contributed by atoms with Crippen LogP contribution in [0, 0.1) is 0 Å². The van der Waals surface area contributed by atoms with Crippen LogP contribution in [-0.4, -0.2) is 39.3 Å². The average Bonchev–Trinajstić information content (AvgIpc) is 3.21. The molecule has 3 aromatic rings. The summed E-state index contributed by atoms with van der Waals surface area (Å²) in [7, 11) is 0. The van der Waals surface area contributed by atoms with Gasteiger partial charge < -0.3 is 4.98 Å². The Morgan fingerprint density at radius 2 is 1.86 bits per heavy atom. The van der Waals surface area contributed by atoms with Crippen molar-refractivity contribution in [3.63, 3.8) is 0 Å². The molecule has 148 valence electrons. The molecule has 2 aromatic carbocycles. The number of imide groups is 1. The van der Waals surface area contributed by atoms with E-state index >= 15 is 0 Å². The fourth-order valence-corrected chi connectivity index (χ4v) is 4.77. The summed E-state index contributed by atoms with van der Waals surface area (Å²) in [5.41, 5.74) is 4.09. The van der Waals surface area contributed by atoms with Crippen molar-refractivity contribution < 1.29 is 9.59 Å². The largest absolute Gasteiger partial charge is 0.356 e. The molecular formula is C23H22ClN3O2. The van der Waals surface area contributed by atoms with Gasteiger partial charge in [-0.1, -0.05) is 55.3 Å². The van der Waals surface area contributed by atoms with E-state index in [1.54, 1.807) is 4.90 Å². The zero-order valence-corrected chi connectivity index (χ0v) is 16.9. The molecule has 6 heteroatoms. The van der Waals surface area contributed by atoms with Crippen LogP contribution in [0.1, 0.15) is 42.6 Å². The van der Waals surface area contributed by atoms with E-state index in [-0.39, 0.29) is 18.0 Å². The number of H-pyrrole nitrogens is 1. The maximum Gasteiger partial charge on any atom is 0.328 e. The first-order valence-electron chi connectivity index (χ1n) is 10.1. The Hall–Kier alpha value is -2.79. The predicted molar refractivity (Wildman–Crippen MR) is 113 cm³/mol. The first-order chi connectivity index (χ1) is 14.1. The summed E-state index contributed by atoms with van der Waals surface area (Å²) in [5.74, 6) is -0.0849. The van der Waals surface area contributed by atoms with Crippen LogP contribution in [0.25, 0.3) is 10.9 Å². The molecule has 3 amide bonds. The highest BCUT2D eigenvalue weighted by Crippen LogP contribution is 2.44. The molecule has 2 aliphatic heterocycles. The molecule has 29 heavy (non-hydrogen) atoms. The van der Waals surface area contributed by atoms with Gasteiger partial charge in [-0.05, 0) is 35.7 Å². The number of hydrogen-bond donors (Lipinski definition) is 1. The summed E-state index contributed by atoms with van der Waals surface area (Å²) in [6.45, 7) is 2.54. The van der Waals surface area contributed by atoms with E-state index in [2.05, 4.69) is 18.0 Å². The second-order valence-corrected chi connectivity index (χ2v) is 8.21. The van der Waals surface area contributed by atoms with Crippen LogP contribution in [0.4, 0.5) is 4.79 Å². The van der Waals surface area contributed by atoms with Gasteiger partial charge in [-0.3, -0.25) is 14.6 Å². The van der Waals surface area contributed by atoms with E-state index in [1.165, 1.54) is 4.90 Å². The van der Waals surface area contributed by atoms with Crippen molar-refractivity contribution in [1.82, 2.24) is 14.8 Å². The number of nitrogens with zero attached hydrogens (tertiary/aromatic N) is 2. The molecule has 0 aliphatic carbocycles. The maximum absolute atomic E-state index is 13.3. The van der Waals surface area contributed by atoms with Crippen LogP contribution in [0.3, 0.4) is 0 Å². The lowest BCUT2D eigenvalue weighted by Crippen LogP contribution is -2.44. The number of aromatic nitrogens is 1. The molecule has 1 aromatic heterocycles. The molecule has 1 saturated heterocycles. The predicted octanol–water partition coefficient (Wildman–Crippen LogP) is 4.90. The second-order valence-electron chi connectivity index (χ2n) is 7.77. The van der Waals surface area contributed by atoms with Crippen molar-refractivity contribution in [2.75, 3.05) is 6.54 Å². The molecule has 0 radical (unpaired) electrons. The number of hydrogen-bond acceptors (Lipinski definition) is 2. The number of unbranched alkanes of at least 4 members (excludes halogenated alkanes) is 1. The van der Waals surface area contributed by atoms with Gasteiger partial charge in [0, 0.05) is 34.6 Å². The number of urea groups is 1. The third-order valence-electron chi connectivity index (χ3n) is 6.06. The standard InChI is InChI=1S/C23H22ClN3O2/c1-2-3-12-26-22(28)19-13-17-16-6-4-5-7-18(16)25-20(17)21(27(19)23(26)29)14-8-10-15(24)11-9-14/h4-11,19,21,25H,2-3,12-13H2,1H3. The number of aromatic amines is 1. The number of amides is 3. The summed E-state index contributed by atoms with van der Waals surface area (Å²) in [4.78, 5) is 33.2. The van der Waals surface area contributed by atoms with Crippen LogP contribution < -0.4 is 0 Å². The Labute approximate surface area is 174 Å². The monoisotopic (exact) mass is 407 g/mol. The van der Waals surface area contributed by atoms with Crippen LogP contribution >= 0.6 is 11.6 Å². The first kappa shape index (κ1) is 18.3. The van der Waals surface area contributed by atoms with E-state index in [9.17, 15) is 9.59 Å². The Kier molecular flexibility index (Phi) is 4.36. The van der Waals surface area contributed by atoms with Gasteiger partial charge in [0.25, 0.3) is 5.91 Å². The zero-order valence-electron chi connectivity index (χ0n) is 16.2. The lowest BCUT2D eigenvalue weighted by molar-refractivity contribution is -0.128. The number of halogens is 1. The second kappa shape index (κ2) is 6.92. The Morgan fingerprint density at radius 1 is 1.10 bits per heavy atom. The number of nitrogens with one attached hydrogen (secondary N) is 1. The zero-order chi connectivity index (χ0) is 20.1.